The van der Waals surface area contributed by atoms with Crippen LogP contribution in [-0.2, 0) is 0 Å². The minimum absolute atomic E-state index is 0.0859. The number of hydrogen-bond donors (Lipinski definition) is 2. The van der Waals surface area contributed by atoms with Crippen molar-refractivity contribution in [1.82, 2.24) is 0 Å². The molecule has 1 aromatic carbocycles. The quantitative estimate of drug-likeness (QED) is 0.561. The zero-order chi connectivity index (χ0) is 10.7. The summed E-state index contributed by atoms with van der Waals surface area (Å²) in [4.78, 5) is 0. The van der Waals surface area contributed by atoms with Crippen molar-refractivity contribution in [1.29, 1.82) is 0 Å². The van der Waals surface area contributed by atoms with Crippen molar-refractivity contribution in [3.05, 3.63) is 17.9 Å². The van der Waals surface area contributed by atoms with E-state index in [-0.39, 0.29) is 16.8 Å². The summed E-state index contributed by atoms with van der Waals surface area (Å²) in [6.45, 7) is -0.590. The van der Waals surface area contributed by atoms with Crippen LogP contribution in [0.15, 0.2) is 12.1 Å². The number of hydrogen-bond acceptors (Lipinski definition) is 2. The molecule has 0 fully saturated rings. The monoisotopic (exact) mass is 200 g/mol. The highest BCUT2D eigenvalue weighted by Crippen LogP contribution is 2.19. The first-order chi connectivity index (χ1) is 6.50. The van der Waals surface area contributed by atoms with E-state index in [0.29, 0.717) is 0 Å². The second-order valence-corrected chi connectivity index (χ2v) is 2.74. The first-order valence-electron chi connectivity index (χ1n) is 3.87. The molecular weight excluding hydrogens is 192 g/mol. The molecule has 0 spiro atoms. The Bertz CT molecular complexity index is 331. The van der Waals surface area contributed by atoms with Crippen molar-refractivity contribution in [3.63, 3.8) is 0 Å². The molecule has 6 heteroatoms. The minimum Gasteiger partial charge on any atom is -0.395 e. The van der Waals surface area contributed by atoms with Crippen molar-refractivity contribution in [2.75, 3.05) is 17.6 Å². The van der Waals surface area contributed by atoms with Crippen LogP contribution in [0.4, 0.5) is 24.5 Å². The van der Waals surface area contributed by atoms with Crippen LogP contribution in [0.2, 0.25) is 0 Å². The molecule has 0 aliphatic carbocycles. The molecule has 0 bridgehead atoms. The summed E-state index contributed by atoms with van der Waals surface area (Å²) >= 11 is 0. The molecule has 2 radical (unpaired) electrons. The van der Waals surface area contributed by atoms with E-state index in [1.165, 1.54) is 6.07 Å². The van der Waals surface area contributed by atoms with E-state index in [1.807, 2.05) is 0 Å². The lowest BCUT2D eigenvalue weighted by atomic mass is 9.95. The van der Waals surface area contributed by atoms with Gasteiger partial charge in [0.15, 0.2) is 0 Å². The SMILES string of the molecule is [B]c1cc(F)c(N)c(NCC(F)F)c1. The molecule has 0 amide bonds. The van der Waals surface area contributed by atoms with Gasteiger partial charge in [0.05, 0.1) is 17.9 Å². The van der Waals surface area contributed by atoms with E-state index in [0.717, 1.165) is 6.07 Å². The van der Waals surface area contributed by atoms with E-state index < -0.39 is 18.8 Å². The van der Waals surface area contributed by atoms with Gasteiger partial charge in [-0.25, -0.2) is 13.2 Å². The second-order valence-electron chi connectivity index (χ2n) is 2.74. The fourth-order valence-corrected chi connectivity index (χ4v) is 0.972. The van der Waals surface area contributed by atoms with Gasteiger partial charge >= 0.3 is 0 Å². The molecule has 0 heterocycles. The summed E-state index contributed by atoms with van der Waals surface area (Å²) in [5, 5.41) is 2.30. The maximum absolute atomic E-state index is 12.9. The zero-order valence-electron chi connectivity index (χ0n) is 7.23. The van der Waals surface area contributed by atoms with Crippen molar-refractivity contribution >= 4 is 24.7 Å². The van der Waals surface area contributed by atoms with E-state index in [9.17, 15) is 13.2 Å². The van der Waals surface area contributed by atoms with Gasteiger partial charge in [0.25, 0.3) is 6.43 Å². The highest BCUT2D eigenvalue weighted by atomic mass is 19.3. The maximum Gasteiger partial charge on any atom is 0.255 e. The molecule has 0 unspecified atom stereocenters. The van der Waals surface area contributed by atoms with Crippen molar-refractivity contribution in [3.8, 4) is 0 Å². The fraction of sp³-hybridized carbons (Fsp3) is 0.250. The Morgan fingerprint density at radius 2 is 2.07 bits per heavy atom. The lowest BCUT2D eigenvalue weighted by Gasteiger charge is -2.10. The molecule has 1 aromatic rings. The first-order valence-corrected chi connectivity index (χ1v) is 3.87. The van der Waals surface area contributed by atoms with Crippen LogP contribution >= 0.6 is 0 Å². The number of alkyl halides is 2. The Labute approximate surface area is 80.7 Å². The molecule has 0 aromatic heterocycles. The third-order valence-electron chi connectivity index (χ3n) is 1.60. The Balaban J connectivity index is 2.85. The third-order valence-corrected chi connectivity index (χ3v) is 1.60. The van der Waals surface area contributed by atoms with Gasteiger partial charge < -0.3 is 11.1 Å². The number of benzene rings is 1. The number of nitrogens with two attached hydrogens (primary N) is 1. The maximum atomic E-state index is 12.9. The topological polar surface area (TPSA) is 38.0 Å². The molecule has 3 N–H and O–H groups in total. The van der Waals surface area contributed by atoms with Crippen LogP contribution in [0.5, 0.6) is 0 Å². The summed E-state index contributed by atoms with van der Waals surface area (Å²) in [5.74, 6) is -0.721. The van der Waals surface area contributed by atoms with Crippen LogP contribution in [-0.4, -0.2) is 20.8 Å². The molecule has 0 atom stereocenters. The Morgan fingerprint density at radius 3 is 2.64 bits per heavy atom. The predicted octanol–water partition coefficient (Wildman–Crippen LogP) is 0.879. The Morgan fingerprint density at radius 1 is 1.43 bits per heavy atom. The highest BCUT2D eigenvalue weighted by molar-refractivity contribution is 6.32. The van der Waals surface area contributed by atoms with Crippen LogP contribution in [0.25, 0.3) is 0 Å². The summed E-state index contributed by atoms with van der Waals surface area (Å²) in [7, 11) is 5.31. The molecule has 14 heavy (non-hydrogen) atoms. The molecule has 0 saturated carbocycles. The lowest BCUT2D eigenvalue weighted by molar-refractivity contribution is 0.163. The summed E-state index contributed by atoms with van der Waals surface area (Å²) < 4.78 is 36.6. The van der Waals surface area contributed by atoms with Gasteiger partial charge in [0, 0.05) is 0 Å². The molecular formula is C8H8BF3N2. The van der Waals surface area contributed by atoms with Gasteiger partial charge in [0.1, 0.15) is 13.7 Å². The molecule has 0 aliphatic heterocycles. The van der Waals surface area contributed by atoms with E-state index >= 15 is 0 Å². The van der Waals surface area contributed by atoms with Gasteiger partial charge in [-0.05, 0) is 12.1 Å². The lowest BCUT2D eigenvalue weighted by Crippen LogP contribution is -2.15. The minimum atomic E-state index is -2.53. The average molecular weight is 200 g/mol. The normalized spacial score (nSPS) is 10.6. The number of anilines is 2. The largest absolute Gasteiger partial charge is 0.395 e. The van der Waals surface area contributed by atoms with Gasteiger partial charge in [-0.1, -0.05) is 5.46 Å². The van der Waals surface area contributed by atoms with Crippen LogP contribution in [0.1, 0.15) is 0 Å². The molecule has 2 nitrogen and oxygen atoms in total. The zero-order valence-corrected chi connectivity index (χ0v) is 7.23. The Hall–Kier alpha value is -1.33. The van der Waals surface area contributed by atoms with E-state index in [4.69, 9.17) is 13.6 Å². The smallest absolute Gasteiger partial charge is 0.255 e. The summed E-state index contributed by atoms with van der Waals surface area (Å²) in [5.41, 5.74) is 5.31. The summed E-state index contributed by atoms with van der Waals surface area (Å²) in [6, 6.07) is 2.34. The van der Waals surface area contributed by atoms with Crippen molar-refractivity contribution in [2.24, 2.45) is 0 Å². The van der Waals surface area contributed by atoms with Gasteiger partial charge in [-0.3, -0.25) is 0 Å². The number of nitrogens with one attached hydrogen (secondary N) is 1. The fourth-order valence-electron chi connectivity index (χ4n) is 0.972. The average Bonchev–Trinajstić information content (AvgIpc) is 2.08. The van der Waals surface area contributed by atoms with Gasteiger partial charge in [-0.15, -0.1) is 0 Å². The van der Waals surface area contributed by atoms with Crippen LogP contribution in [0.3, 0.4) is 0 Å². The van der Waals surface area contributed by atoms with Gasteiger partial charge in [-0.2, -0.15) is 0 Å². The second kappa shape index (κ2) is 4.26. The van der Waals surface area contributed by atoms with Crippen LogP contribution < -0.4 is 16.5 Å². The molecule has 74 valence electrons. The standard InChI is InChI=1S/C8H8BF3N2/c9-4-1-5(10)8(13)6(2-4)14-3-7(11)12/h1-2,7,14H,3,13H2. The number of nitrogen functional groups attached to an aromatic ring is 1. The molecule has 0 saturated heterocycles. The summed E-state index contributed by atoms with van der Waals surface area (Å²) in [6.07, 6.45) is -2.53. The first kappa shape index (κ1) is 10.8. The van der Waals surface area contributed by atoms with Gasteiger partial charge in [0.2, 0.25) is 0 Å². The van der Waals surface area contributed by atoms with Crippen molar-refractivity contribution < 1.29 is 13.2 Å². The van der Waals surface area contributed by atoms with E-state index in [2.05, 4.69) is 5.32 Å². The third kappa shape index (κ3) is 2.58. The van der Waals surface area contributed by atoms with Crippen LogP contribution in [0, 0.1) is 5.82 Å². The van der Waals surface area contributed by atoms with Crippen molar-refractivity contribution in [2.45, 2.75) is 6.43 Å². The van der Waals surface area contributed by atoms with E-state index in [1.54, 1.807) is 0 Å². The molecule has 1 rings (SSSR count). The predicted molar refractivity (Wildman–Crippen MR) is 50.7 cm³/mol. The Kier molecular flexibility index (Phi) is 3.27. The number of rotatable bonds is 3. The highest BCUT2D eigenvalue weighted by Gasteiger charge is 2.08. The number of halogens is 3. The molecule has 0 aliphatic rings.